The number of imide groups is 1. The molecule has 2 N–H and O–H groups in total. The van der Waals surface area contributed by atoms with Crippen LogP contribution in [-0.4, -0.2) is 41.4 Å². The molecule has 0 bridgehead atoms. The molecular formula is C16H16ClN3O3. The molecule has 1 aromatic carbocycles. The molecule has 6 nitrogen and oxygen atoms in total. The third-order valence-corrected chi connectivity index (χ3v) is 5.38. The zero-order chi connectivity index (χ0) is 16.2. The van der Waals surface area contributed by atoms with Crippen LogP contribution in [0.2, 0.25) is 5.02 Å². The molecule has 1 aromatic rings. The van der Waals surface area contributed by atoms with Crippen molar-refractivity contribution in [2.75, 3.05) is 13.1 Å². The lowest BCUT2D eigenvalue weighted by molar-refractivity contribution is -0.133. The van der Waals surface area contributed by atoms with E-state index in [4.69, 9.17) is 11.6 Å². The number of amides is 4. The Labute approximate surface area is 138 Å². The Morgan fingerprint density at radius 3 is 2.39 bits per heavy atom. The second-order valence-electron chi connectivity index (χ2n) is 6.56. The highest BCUT2D eigenvalue weighted by atomic mass is 35.5. The molecule has 1 atom stereocenters. The van der Waals surface area contributed by atoms with E-state index in [9.17, 15) is 14.4 Å². The van der Waals surface area contributed by atoms with E-state index in [1.807, 2.05) is 12.1 Å². The summed E-state index contributed by atoms with van der Waals surface area (Å²) in [7, 11) is 0. The molecule has 2 heterocycles. The van der Waals surface area contributed by atoms with Gasteiger partial charge in [-0.1, -0.05) is 23.7 Å². The summed E-state index contributed by atoms with van der Waals surface area (Å²) >= 11 is 5.92. The number of benzene rings is 1. The minimum Gasteiger partial charge on any atom is -0.339 e. The van der Waals surface area contributed by atoms with Crippen molar-refractivity contribution in [3.05, 3.63) is 34.9 Å². The normalized spacial score (nSPS) is 28.0. The summed E-state index contributed by atoms with van der Waals surface area (Å²) in [6.45, 7) is 0.709. The largest absolute Gasteiger partial charge is 0.339 e. The highest BCUT2D eigenvalue weighted by Crippen LogP contribution is 2.50. The van der Waals surface area contributed by atoms with Gasteiger partial charge in [-0.15, -0.1) is 0 Å². The van der Waals surface area contributed by atoms with Crippen LogP contribution in [0.1, 0.15) is 24.8 Å². The molecular weight excluding hydrogens is 318 g/mol. The highest BCUT2D eigenvalue weighted by Gasteiger charge is 2.58. The van der Waals surface area contributed by atoms with Gasteiger partial charge in [0.1, 0.15) is 5.54 Å². The Kier molecular flexibility index (Phi) is 2.97. The van der Waals surface area contributed by atoms with Gasteiger partial charge in [-0.05, 0) is 37.0 Å². The summed E-state index contributed by atoms with van der Waals surface area (Å²) in [5, 5.41) is 5.57. The van der Waals surface area contributed by atoms with E-state index in [1.165, 1.54) is 0 Å². The predicted molar refractivity (Wildman–Crippen MR) is 83.0 cm³/mol. The average molecular weight is 334 g/mol. The Morgan fingerprint density at radius 2 is 1.83 bits per heavy atom. The van der Waals surface area contributed by atoms with Gasteiger partial charge in [0.05, 0.1) is 12.0 Å². The first-order chi connectivity index (χ1) is 11.0. The molecule has 1 spiro atoms. The molecule has 3 aliphatic rings. The SMILES string of the molecule is O=C1NC(=O)C2(CCN(C(=O)C3(c4ccc(Cl)cc4)CC3)C2)N1. The maximum atomic E-state index is 13.0. The van der Waals surface area contributed by atoms with Crippen molar-refractivity contribution in [2.45, 2.75) is 30.2 Å². The number of nitrogens with one attached hydrogen (secondary N) is 2. The van der Waals surface area contributed by atoms with Crippen molar-refractivity contribution < 1.29 is 14.4 Å². The van der Waals surface area contributed by atoms with Crippen molar-refractivity contribution in [1.29, 1.82) is 0 Å². The maximum Gasteiger partial charge on any atom is 0.322 e. The van der Waals surface area contributed by atoms with Gasteiger partial charge in [0.25, 0.3) is 5.91 Å². The highest BCUT2D eigenvalue weighted by molar-refractivity contribution is 6.30. The number of rotatable bonds is 2. The summed E-state index contributed by atoms with van der Waals surface area (Å²) in [5.41, 5.74) is -0.481. The number of likely N-dealkylation sites (tertiary alicyclic amines) is 1. The molecule has 1 saturated carbocycles. The summed E-state index contributed by atoms with van der Waals surface area (Å²) in [6, 6.07) is 6.88. The number of urea groups is 1. The third-order valence-electron chi connectivity index (χ3n) is 5.13. The fraction of sp³-hybridized carbons (Fsp3) is 0.438. The second-order valence-corrected chi connectivity index (χ2v) is 6.99. The van der Waals surface area contributed by atoms with Crippen LogP contribution in [-0.2, 0) is 15.0 Å². The molecule has 0 radical (unpaired) electrons. The maximum absolute atomic E-state index is 13.0. The van der Waals surface area contributed by atoms with E-state index in [-0.39, 0.29) is 18.4 Å². The van der Waals surface area contributed by atoms with Gasteiger partial charge in [0, 0.05) is 11.6 Å². The first-order valence-corrected chi connectivity index (χ1v) is 8.02. The van der Waals surface area contributed by atoms with E-state index in [0.717, 1.165) is 18.4 Å². The fourth-order valence-electron chi connectivity index (χ4n) is 3.62. The predicted octanol–water partition coefficient (Wildman–Crippen LogP) is 1.18. The number of hydrogen-bond acceptors (Lipinski definition) is 3. The van der Waals surface area contributed by atoms with Crippen LogP contribution in [0.4, 0.5) is 4.79 Å². The van der Waals surface area contributed by atoms with Crippen LogP contribution >= 0.6 is 11.6 Å². The molecule has 120 valence electrons. The van der Waals surface area contributed by atoms with Crippen molar-refractivity contribution >= 4 is 29.4 Å². The molecule has 2 aliphatic heterocycles. The lowest BCUT2D eigenvalue weighted by atomic mass is 9.94. The lowest BCUT2D eigenvalue weighted by Gasteiger charge is -2.25. The number of halogens is 1. The van der Waals surface area contributed by atoms with E-state index in [1.54, 1.807) is 17.0 Å². The molecule has 4 amide bonds. The molecule has 1 aliphatic carbocycles. The van der Waals surface area contributed by atoms with Crippen molar-refractivity contribution in [3.8, 4) is 0 Å². The zero-order valence-corrected chi connectivity index (χ0v) is 13.2. The van der Waals surface area contributed by atoms with E-state index >= 15 is 0 Å². The molecule has 3 fully saturated rings. The van der Waals surface area contributed by atoms with Gasteiger partial charge in [-0.25, -0.2) is 4.79 Å². The van der Waals surface area contributed by atoms with Gasteiger partial charge in [0.2, 0.25) is 5.91 Å². The number of carbonyl (C=O) groups is 3. The van der Waals surface area contributed by atoms with E-state index < -0.39 is 17.0 Å². The number of hydrogen-bond donors (Lipinski definition) is 2. The molecule has 7 heteroatoms. The van der Waals surface area contributed by atoms with Gasteiger partial charge in [0.15, 0.2) is 0 Å². The van der Waals surface area contributed by atoms with Crippen LogP contribution in [0.3, 0.4) is 0 Å². The topological polar surface area (TPSA) is 78.5 Å². The van der Waals surface area contributed by atoms with Crippen LogP contribution in [0.25, 0.3) is 0 Å². The third kappa shape index (κ3) is 2.12. The summed E-state index contributed by atoms with van der Waals surface area (Å²) in [6.07, 6.45) is 2.05. The number of carbonyl (C=O) groups excluding carboxylic acids is 3. The van der Waals surface area contributed by atoms with Crippen molar-refractivity contribution in [3.63, 3.8) is 0 Å². The van der Waals surface area contributed by atoms with Gasteiger partial charge >= 0.3 is 6.03 Å². The average Bonchev–Trinajstić information content (AvgIpc) is 3.14. The molecule has 2 saturated heterocycles. The van der Waals surface area contributed by atoms with Crippen LogP contribution in [0.15, 0.2) is 24.3 Å². The Hall–Kier alpha value is -2.08. The standard InChI is InChI=1S/C16H16ClN3O3/c17-11-3-1-10(2-4-11)15(5-6-15)13(22)20-8-7-16(9-20)12(21)18-14(23)19-16/h1-4H,5-9H2,(H2,18,19,21,23). The minimum atomic E-state index is -0.956. The van der Waals surface area contributed by atoms with Crippen LogP contribution in [0, 0.1) is 0 Å². The van der Waals surface area contributed by atoms with E-state index in [2.05, 4.69) is 10.6 Å². The van der Waals surface area contributed by atoms with Gasteiger partial charge in [-0.3, -0.25) is 14.9 Å². The molecule has 1 unspecified atom stereocenters. The first kappa shape index (κ1) is 14.5. The summed E-state index contributed by atoms with van der Waals surface area (Å²) < 4.78 is 0. The zero-order valence-electron chi connectivity index (χ0n) is 12.4. The second kappa shape index (κ2) is 4.71. The molecule has 23 heavy (non-hydrogen) atoms. The van der Waals surface area contributed by atoms with Gasteiger partial charge in [-0.2, -0.15) is 0 Å². The number of nitrogens with zero attached hydrogens (tertiary/aromatic N) is 1. The summed E-state index contributed by atoms with van der Waals surface area (Å²) in [4.78, 5) is 38.1. The minimum absolute atomic E-state index is 0.0330. The van der Waals surface area contributed by atoms with E-state index in [0.29, 0.717) is 18.0 Å². The van der Waals surface area contributed by atoms with Crippen molar-refractivity contribution in [2.24, 2.45) is 0 Å². The Balaban J connectivity index is 1.55. The monoisotopic (exact) mass is 333 g/mol. The van der Waals surface area contributed by atoms with Crippen LogP contribution < -0.4 is 10.6 Å². The molecule has 0 aromatic heterocycles. The van der Waals surface area contributed by atoms with Gasteiger partial charge < -0.3 is 10.2 Å². The quantitative estimate of drug-likeness (QED) is 0.798. The summed E-state index contributed by atoms with van der Waals surface area (Å²) in [5.74, 6) is -0.306. The Bertz CT molecular complexity index is 714. The first-order valence-electron chi connectivity index (χ1n) is 7.64. The fourth-order valence-corrected chi connectivity index (χ4v) is 3.75. The van der Waals surface area contributed by atoms with Crippen LogP contribution in [0.5, 0.6) is 0 Å². The lowest BCUT2D eigenvalue weighted by Crippen LogP contribution is -2.50. The smallest absolute Gasteiger partial charge is 0.322 e. The Morgan fingerprint density at radius 1 is 1.13 bits per heavy atom. The molecule has 4 rings (SSSR count). The van der Waals surface area contributed by atoms with Crippen molar-refractivity contribution in [1.82, 2.24) is 15.5 Å².